The molecule has 0 bridgehead atoms. The normalized spacial score (nSPS) is 11.1. The fourth-order valence-electron chi connectivity index (χ4n) is 0.841. The van der Waals surface area contributed by atoms with E-state index >= 15 is 0 Å². The molecule has 0 saturated heterocycles. The summed E-state index contributed by atoms with van der Waals surface area (Å²) >= 11 is 3.99. The lowest BCUT2D eigenvalue weighted by Gasteiger charge is -2.17. The minimum atomic E-state index is 1.16. The first-order valence-corrected chi connectivity index (χ1v) is 7.27. The Morgan fingerprint density at radius 3 is 1.62 bits per heavy atom. The first kappa shape index (κ1) is 13.7. The quantitative estimate of drug-likeness (QED) is 0.424. The number of unbranched alkanes of at least 4 members (excludes halogenated alkanes) is 2. The Balaban J connectivity index is 3.28. The van der Waals surface area contributed by atoms with Gasteiger partial charge < -0.3 is 0 Å². The molecule has 1 nitrogen and oxygen atoms in total. The van der Waals surface area contributed by atoms with Gasteiger partial charge in [-0.3, -0.25) is 0 Å². The van der Waals surface area contributed by atoms with Crippen LogP contribution in [-0.2, 0) is 0 Å². The van der Waals surface area contributed by atoms with Crippen LogP contribution in [0.4, 0.5) is 0 Å². The highest BCUT2D eigenvalue weighted by Gasteiger charge is 2.01. The Morgan fingerprint density at radius 2 is 1.31 bits per heavy atom. The molecule has 13 heavy (non-hydrogen) atoms. The van der Waals surface area contributed by atoms with Gasteiger partial charge in [-0.05, 0) is 12.8 Å². The second-order valence-electron chi connectivity index (χ2n) is 3.02. The van der Waals surface area contributed by atoms with Gasteiger partial charge in [-0.1, -0.05) is 57.5 Å². The fourth-order valence-corrected chi connectivity index (χ4v) is 3.19. The van der Waals surface area contributed by atoms with Gasteiger partial charge in [-0.25, -0.2) is 0 Å². The van der Waals surface area contributed by atoms with Crippen LogP contribution in [0.25, 0.3) is 0 Å². The predicted molar refractivity (Wildman–Crippen MR) is 67.1 cm³/mol. The first-order valence-electron chi connectivity index (χ1n) is 5.38. The molecule has 0 rings (SSSR count). The standard InChI is InChI=1S/C10H23NS2/c1-4-7-9-12-11(6-3)13-10-8-5-2/h4-10H2,1-3H3. The van der Waals surface area contributed by atoms with Crippen molar-refractivity contribution in [3.8, 4) is 0 Å². The maximum Gasteiger partial charge on any atom is 0.0174 e. The fraction of sp³-hybridized carbons (Fsp3) is 1.00. The summed E-state index contributed by atoms with van der Waals surface area (Å²) in [6.07, 6.45) is 5.30. The zero-order valence-corrected chi connectivity index (χ0v) is 10.8. The molecule has 0 saturated carbocycles. The maximum absolute atomic E-state index is 2.42. The number of nitrogens with zero attached hydrogens (tertiary/aromatic N) is 1. The topological polar surface area (TPSA) is 3.24 Å². The van der Waals surface area contributed by atoms with E-state index in [0.717, 1.165) is 6.54 Å². The summed E-state index contributed by atoms with van der Waals surface area (Å²) in [4.78, 5) is 0. The Kier molecular flexibility index (Phi) is 11.3. The Bertz CT molecular complexity index is 88.9. The van der Waals surface area contributed by atoms with Crippen LogP contribution in [0.5, 0.6) is 0 Å². The second-order valence-corrected chi connectivity index (χ2v) is 5.47. The van der Waals surface area contributed by atoms with E-state index in [4.69, 9.17) is 0 Å². The molecule has 0 aliphatic carbocycles. The molecule has 0 aliphatic rings. The zero-order valence-electron chi connectivity index (χ0n) is 9.21. The first-order chi connectivity index (χ1) is 6.35. The molecule has 0 unspecified atom stereocenters. The van der Waals surface area contributed by atoms with Gasteiger partial charge in [-0.2, -0.15) is 3.71 Å². The van der Waals surface area contributed by atoms with Crippen molar-refractivity contribution in [1.29, 1.82) is 0 Å². The molecule has 0 aromatic heterocycles. The van der Waals surface area contributed by atoms with E-state index in [2.05, 4.69) is 24.5 Å². The highest BCUT2D eigenvalue weighted by Crippen LogP contribution is 2.22. The third kappa shape index (κ3) is 8.98. The van der Waals surface area contributed by atoms with Crippen LogP contribution in [0.1, 0.15) is 46.5 Å². The van der Waals surface area contributed by atoms with Crippen LogP contribution in [0, 0.1) is 0 Å². The van der Waals surface area contributed by atoms with Gasteiger partial charge in [0.05, 0.1) is 0 Å². The van der Waals surface area contributed by atoms with Gasteiger partial charge in [0.15, 0.2) is 0 Å². The minimum absolute atomic E-state index is 1.16. The van der Waals surface area contributed by atoms with E-state index in [1.807, 2.05) is 23.9 Å². The molecule has 0 N–H and O–H groups in total. The average molecular weight is 221 g/mol. The van der Waals surface area contributed by atoms with E-state index in [1.165, 1.54) is 37.2 Å². The van der Waals surface area contributed by atoms with E-state index in [1.54, 1.807) is 0 Å². The Morgan fingerprint density at radius 1 is 0.846 bits per heavy atom. The highest BCUT2D eigenvalue weighted by molar-refractivity contribution is 8.11. The molecular formula is C10H23NS2. The van der Waals surface area contributed by atoms with Crippen LogP contribution in [-0.4, -0.2) is 21.8 Å². The van der Waals surface area contributed by atoms with Gasteiger partial charge in [0.2, 0.25) is 0 Å². The molecule has 3 heteroatoms. The largest absolute Gasteiger partial charge is 0.195 e. The molecule has 0 aromatic rings. The summed E-state index contributed by atoms with van der Waals surface area (Å²) < 4.78 is 2.42. The second kappa shape index (κ2) is 10.7. The zero-order chi connectivity index (χ0) is 9.94. The molecule has 0 heterocycles. The molecule has 0 aromatic carbocycles. The monoisotopic (exact) mass is 221 g/mol. The lowest BCUT2D eigenvalue weighted by atomic mass is 10.4. The third-order valence-electron chi connectivity index (χ3n) is 1.72. The summed E-state index contributed by atoms with van der Waals surface area (Å²) in [5.41, 5.74) is 0. The lowest BCUT2D eigenvalue weighted by Crippen LogP contribution is -2.07. The van der Waals surface area contributed by atoms with Gasteiger partial charge in [-0.15, -0.1) is 0 Å². The van der Waals surface area contributed by atoms with E-state index in [0.29, 0.717) is 0 Å². The number of hydrogen-bond donors (Lipinski definition) is 0. The van der Waals surface area contributed by atoms with E-state index < -0.39 is 0 Å². The summed E-state index contributed by atoms with van der Waals surface area (Å²) in [6.45, 7) is 7.89. The Labute approximate surface area is 92.3 Å². The lowest BCUT2D eigenvalue weighted by molar-refractivity contribution is 0.772. The molecule has 0 radical (unpaired) electrons. The van der Waals surface area contributed by atoms with Crippen molar-refractivity contribution in [1.82, 2.24) is 3.71 Å². The van der Waals surface area contributed by atoms with Gasteiger partial charge >= 0.3 is 0 Å². The van der Waals surface area contributed by atoms with Crippen molar-refractivity contribution >= 4 is 23.9 Å². The minimum Gasteiger partial charge on any atom is -0.195 e. The van der Waals surface area contributed by atoms with Crippen molar-refractivity contribution in [3.63, 3.8) is 0 Å². The van der Waals surface area contributed by atoms with Crippen LogP contribution in [0.3, 0.4) is 0 Å². The molecule has 80 valence electrons. The van der Waals surface area contributed by atoms with E-state index in [-0.39, 0.29) is 0 Å². The van der Waals surface area contributed by atoms with Gasteiger partial charge in [0, 0.05) is 18.1 Å². The van der Waals surface area contributed by atoms with Crippen LogP contribution >= 0.6 is 23.9 Å². The highest BCUT2D eigenvalue weighted by atomic mass is 32.2. The van der Waals surface area contributed by atoms with Crippen molar-refractivity contribution in [2.45, 2.75) is 46.5 Å². The van der Waals surface area contributed by atoms with E-state index in [9.17, 15) is 0 Å². The average Bonchev–Trinajstić information content (AvgIpc) is 2.16. The SMILES string of the molecule is CCCCSN(CC)SCCCC. The Hall–Kier alpha value is 0.660. The van der Waals surface area contributed by atoms with Gasteiger partial charge in [0.25, 0.3) is 0 Å². The molecule has 0 spiro atoms. The van der Waals surface area contributed by atoms with Crippen LogP contribution in [0.15, 0.2) is 0 Å². The molecule has 0 atom stereocenters. The maximum atomic E-state index is 2.42. The summed E-state index contributed by atoms with van der Waals surface area (Å²) in [7, 11) is 0. The summed E-state index contributed by atoms with van der Waals surface area (Å²) in [5.74, 6) is 2.56. The predicted octanol–water partition coefficient (Wildman–Crippen LogP) is 4.20. The molecule has 0 fully saturated rings. The van der Waals surface area contributed by atoms with Crippen LogP contribution in [0.2, 0.25) is 0 Å². The molecule has 0 amide bonds. The van der Waals surface area contributed by atoms with Crippen molar-refractivity contribution in [2.75, 3.05) is 18.1 Å². The number of hydrogen-bond acceptors (Lipinski definition) is 3. The molecule has 0 aliphatic heterocycles. The van der Waals surface area contributed by atoms with Gasteiger partial charge in [0.1, 0.15) is 0 Å². The van der Waals surface area contributed by atoms with Crippen molar-refractivity contribution in [2.24, 2.45) is 0 Å². The van der Waals surface area contributed by atoms with Crippen molar-refractivity contribution < 1.29 is 0 Å². The van der Waals surface area contributed by atoms with Crippen LogP contribution < -0.4 is 0 Å². The summed E-state index contributed by atoms with van der Waals surface area (Å²) in [5, 5.41) is 0. The van der Waals surface area contributed by atoms with Crippen molar-refractivity contribution in [3.05, 3.63) is 0 Å². The smallest absolute Gasteiger partial charge is 0.0174 e. The summed E-state index contributed by atoms with van der Waals surface area (Å²) in [6, 6.07) is 0. The third-order valence-corrected chi connectivity index (χ3v) is 4.39. The number of rotatable bonds is 9. The molecular weight excluding hydrogens is 198 g/mol.